The zero-order valence-corrected chi connectivity index (χ0v) is 14.0. The summed E-state index contributed by atoms with van der Waals surface area (Å²) in [5.41, 5.74) is 0.233. The molecule has 1 heterocycles. The molecule has 1 N–H and O–H groups in total. The van der Waals surface area contributed by atoms with Crippen LogP contribution < -0.4 is 10.3 Å². The lowest BCUT2D eigenvalue weighted by atomic mass is 10.1. The van der Waals surface area contributed by atoms with E-state index in [1.807, 2.05) is 6.07 Å². The summed E-state index contributed by atoms with van der Waals surface area (Å²) >= 11 is 1.04. The number of hydrogen-bond donors (Lipinski definition) is 1. The van der Waals surface area contributed by atoms with Crippen LogP contribution in [0.15, 0.2) is 34.2 Å². The SMILES string of the molecule is CCOC(=O)CSc1nc(-c2ccc(OC)cc2)c(C#N)c(=O)[nH]1. The number of thioether (sulfide) groups is 1. The molecule has 0 spiro atoms. The maximum atomic E-state index is 12.1. The second kappa shape index (κ2) is 8.17. The number of rotatable bonds is 6. The first-order chi connectivity index (χ1) is 11.6. The highest BCUT2D eigenvalue weighted by molar-refractivity contribution is 7.99. The minimum Gasteiger partial charge on any atom is -0.497 e. The quantitative estimate of drug-likeness (QED) is 0.485. The molecule has 0 aliphatic carbocycles. The number of esters is 1. The lowest BCUT2D eigenvalue weighted by Crippen LogP contribution is -2.15. The number of nitrogens with one attached hydrogen (secondary N) is 1. The number of nitriles is 1. The fourth-order valence-corrected chi connectivity index (χ4v) is 2.57. The predicted molar refractivity (Wildman–Crippen MR) is 88.9 cm³/mol. The van der Waals surface area contributed by atoms with Gasteiger partial charge in [0.15, 0.2) is 5.16 Å². The number of ether oxygens (including phenoxy) is 2. The van der Waals surface area contributed by atoms with Crippen LogP contribution >= 0.6 is 11.8 Å². The topological polar surface area (TPSA) is 105 Å². The third-order valence-electron chi connectivity index (χ3n) is 3.01. The number of nitrogens with zero attached hydrogens (tertiary/aromatic N) is 2. The van der Waals surface area contributed by atoms with Crippen LogP contribution in [-0.4, -0.2) is 35.4 Å². The summed E-state index contributed by atoms with van der Waals surface area (Å²) in [7, 11) is 1.55. The van der Waals surface area contributed by atoms with E-state index in [1.165, 1.54) is 0 Å². The molecule has 0 saturated heterocycles. The van der Waals surface area contributed by atoms with Gasteiger partial charge in [0, 0.05) is 5.56 Å². The second-order valence-corrected chi connectivity index (χ2v) is 5.49. The van der Waals surface area contributed by atoms with Crippen molar-refractivity contribution in [3.05, 3.63) is 40.2 Å². The third kappa shape index (κ3) is 4.14. The molecule has 0 unspecified atom stereocenters. The van der Waals surface area contributed by atoms with E-state index >= 15 is 0 Å². The molecule has 8 heteroatoms. The summed E-state index contributed by atoms with van der Waals surface area (Å²) in [6, 6.07) is 8.71. The van der Waals surface area contributed by atoms with Gasteiger partial charge in [-0.25, -0.2) is 4.98 Å². The molecule has 7 nitrogen and oxygen atoms in total. The second-order valence-electron chi connectivity index (χ2n) is 4.53. The van der Waals surface area contributed by atoms with E-state index in [-0.39, 0.29) is 28.8 Å². The van der Waals surface area contributed by atoms with Crippen LogP contribution in [0.1, 0.15) is 12.5 Å². The van der Waals surface area contributed by atoms with Gasteiger partial charge in [-0.2, -0.15) is 5.26 Å². The molecular weight excluding hydrogens is 330 g/mol. The van der Waals surface area contributed by atoms with Crippen LogP contribution in [0.2, 0.25) is 0 Å². The fraction of sp³-hybridized carbons (Fsp3) is 0.250. The van der Waals surface area contributed by atoms with Crippen LogP contribution in [0.4, 0.5) is 0 Å². The molecule has 0 amide bonds. The number of H-pyrrole nitrogens is 1. The standard InChI is InChI=1S/C16H15N3O4S/c1-3-23-13(20)9-24-16-18-14(12(8-17)15(21)19-16)10-4-6-11(22-2)7-5-10/h4-7H,3,9H2,1-2H3,(H,18,19,21). The van der Waals surface area contributed by atoms with E-state index in [0.717, 1.165) is 11.8 Å². The molecule has 1 aromatic carbocycles. The number of carbonyl (C=O) groups excluding carboxylic acids is 1. The average molecular weight is 345 g/mol. The molecule has 124 valence electrons. The molecule has 2 aromatic rings. The van der Waals surface area contributed by atoms with Crippen LogP contribution in [0, 0.1) is 11.3 Å². The van der Waals surface area contributed by atoms with Crippen molar-refractivity contribution >= 4 is 17.7 Å². The molecule has 0 saturated carbocycles. The highest BCUT2D eigenvalue weighted by Gasteiger charge is 2.14. The summed E-state index contributed by atoms with van der Waals surface area (Å²) in [5, 5.41) is 9.47. The van der Waals surface area contributed by atoms with E-state index in [2.05, 4.69) is 9.97 Å². The van der Waals surface area contributed by atoms with Crippen molar-refractivity contribution in [3.8, 4) is 23.1 Å². The number of methoxy groups -OCH3 is 1. The highest BCUT2D eigenvalue weighted by Crippen LogP contribution is 2.24. The van der Waals surface area contributed by atoms with Gasteiger partial charge in [0.05, 0.1) is 25.2 Å². The Morgan fingerprint density at radius 1 is 1.38 bits per heavy atom. The Hall–Kier alpha value is -2.79. The lowest BCUT2D eigenvalue weighted by Gasteiger charge is -2.07. The molecular formula is C16H15N3O4S. The van der Waals surface area contributed by atoms with Gasteiger partial charge < -0.3 is 14.5 Å². The van der Waals surface area contributed by atoms with Gasteiger partial charge in [-0.05, 0) is 31.2 Å². The minimum atomic E-state index is -0.551. The highest BCUT2D eigenvalue weighted by atomic mass is 32.2. The van der Waals surface area contributed by atoms with Crippen molar-refractivity contribution < 1.29 is 14.3 Å². The number of aromatic nitrogens is 2. The molecule has 1 aromatic heterocycles. The number of carbonyl (C=O) groups is 1. The van der Waals surface area contributed by atoms with Crippen LogP contribution in [-0.2, 0) is 9.53 Å². The molecule has 0 aliphatic rings. The fourth-order valence-electron chi connectivity index (χ4n) is 1.91. The lowest BCUT2D eigenvalue weighted by molar-refractivity contribution is -0.139. The van der Waals surface area contributed by atoms with Gasteiger partial charge in [-0.3, -0.25) is 9.59 Å². The van der Waals surface area contributed by atoms with Gasteiger partial charge in [-0.15, -0.1) is 0 Å². The van der Waals surface area contributed by atoms with Crippen LogP contribution in [0.25, 0.3) is 11.3 Å². The zero-order chi connectivity index (χ0) is 17.5. The molecule has 0 fully saturated rings. The molecule has 0 bridgehead atoms. The van der Waals surface area contributed by atoms with E-state index < -0.39 is 11.5 Å². The van der Waals surface area contributed by atoms with Crippen molar-refractivity contribution in [3.63, 3.8) is 0 Å². The first-order valence-electron chi connectivity index (χ1n) is 7.06. The first kappa shape index (κ1) is 17.6. The van der Waals surface area contributed by atoms with Gasteiger partial charge >= 0.3 is 5.97 Å². The largest absolute Gasteiger partial charge is 0.497 e. The smallest absolute Gasteiger partial charge is 0.316 e. The summed E-state index contributed by atoms with van der Waals surface area (Å²) < 4.78 is 9.92. The molecule has 24 heavy (non-hydrogen) atoms. The number of benzene rings is 1. The Morgan fingerprint density at radius 2 is 2.08 bits per heavy atom. The normalized spacial score (nSPS) is 10.0. The van der Waals surface area contributed by atoms with Crippen LogP contribution in [0.3, 0.4) is 0 Å². The third-order valence-corrected chi connectivity index (χ3v) is 3.85. The Kier molecular flexibility index (Phi) is 5.98. The Bertz CT molecular complexity index is 825. The summed E-state index contributed by atoms with van der Waals surface area (Å²) in [6.45, 7) is 2.00. The Balaban J connectivity index is 2.36. The van der Waals surface area contributed by atoms with Gasteiger partial charge in [0.25, 0.3) is 5.56 Å². The van der Waals surface area contributed by atoms with Crippen molar-refractivity contribution in [2.45, 2.75) is 12.1 Å². The minimum absolute atomic E-state index is 0.0186. The number of hydrogen-bond acceptors (Lipinski definition) is 7. The Morgan fingerprint density at radius 3 is 2.67 bits per heavy atom. The van der Waals surface area contributed by atoms with Crippen LogP contribution in [0.5, 0.6) is 5.75 Å². The monoisotopic (exact) mass is 345 g/mol. The van der Waals surface area contributed by atoms with E-state index in [9.17, 15) is 14.9 Å². The van der Waals surface area contributed by atoms with Crippen molar-refractivity contribution in [1.82, 2.24) is 9.97 Å². The number of aromatic amines is 1. The maximum Gasteiger partial charge on any atom is 0.316 e. The van der Waals surface area contributed by atoms with Crippen molar-refractivity contribution in [1.29, 1.82) is 5.26 Å². The summed E-state index contributed by atoms with van der Waals surface area (Å²) in [5.74, 6) is 0.268. The average Bonchev–Trinajstić information content (AvgIpc) is 2.60. The maximum absolute atomic E-state index is 12.1. The molecule has 0 aliphatic heterocycles. The first-order valence-corrected chi connectivity index (χ1v) is 8.04. The van der Waals surface area contributed by atoms with E-state index in [4.69, 9.17) is 9.47 Å². The molecule has 2 rings (SSSR count). The zero-order valence-electron chi connectivity index (χ0n) is 13.2. The van der Waals surface area contributed by atoms with Gasteiger partial charge in [0.1, 0.15) is 17.4 Å². The van der Waals surface area contributed by atoms with E-state index in [1.54, 1.807) is 38.3 Å². The predicted octanol–water partition coefficient (Wildman–Crippen LogP) is 1.97. The van der Waals surface area contributed by atoms with Gasteiger partial charge in [-0.1, -0.05) is 11.8 Å². The van der Waals surface area contributed by atoms with E-state index in [0.29, 0.717) is 11.3 Å². The van der Waals surface area contributed by atoms with Gasteiger partial charge in [0.2, 0.25) is 0 Å². The molecule has 0 atom stereocenters. The van der Waals surface area contributed by atoms with Crippen molar-refractivity contribution in [2.24, 2.45) is 0 Å². The summed E-state index contributed by atoms with van der Waals surface area (Å²) in [6.07, 6.45) is 0. The summed E-state index contributed by atoms with van der Waals surface area (Å²) in [4.78, 5) is 30.3. The Labute approximate surface area is 142 Å². The van der Waals surface area contributed by atoms with Crippen molar-refractivity contribution in [2.75, 3.05) is 19.5 Å². The molecule has 0 radical (unpaired) electrons.